The first-order valence-corrected chi connectivity index (χ1v) is 6.84. The van der Waals surface area contributed by atoms with E-state index in [0.29, 0.717) is 12.3 Å². The van der Waals surface area contributed by atoms with Gasteiger partial charge in [-0.15, -0.1) is 0 Å². The molecule has 1 N–H and O–H groups in total. The second-order valence-corrected chi connectivity index (χ2v) is 6.05. The van der Waals surface area contributed by atoms with Gasteiger partial charge < -0.3 is 9.84 Å². The summed E-state index contributed by atoms with van der Waals surface area (Å²) in [6.07, 6.45) is 2.39. The van der Waals surface area contributed by atoms with Gasteiger partial charge in [-0.2, -0.15) is 0 Å². The Balaban J connectivity index is 2.53. The lowest BCUT2D eigenvalue weighted by atomic mass is 9.92. The highest BCUT2D eigenvalue weighted by molar-refractivity contribution is 6.31. The molecule has 1 aromatic carbocycles. The van der Waals surface area contributed by atoms with E-state index in [-0.39, 0.29) is 0 Å². The maximum absolute atomic E-state index is 10.1. The van der Waals surface area contributed by atoms with Crippen LogP contribution in [0.2, 0.25) is 5.02 Å². The van der Waals surface area contributed by atoms with Crippen molar-refractivity contribution in [1.82, 2.24) is 0 Å². The molecule has 3 heteroatoms. The fourth-order valence-electron chi connectivity index (χ4n) is 2.33. The Hall–Kier alpha value is -0.730. The minimum absolute atomic E-state index is 0.352. The second kappa shape index (κ2) is 4.75. The minimum Gasteiger partial charge on any atom is -0.496 e. The van der Waals surface area contributed by atoms with Gasteiger partial charge >= 0.3 is 0 Å². The van der Waals surface area contributed by atoms with E-state index in [4.69, 9.17) is 16.3 Å². The average molecular weight is 269 g/mol. The molecule has 0 spiro atoms. The van der Waals surface area contributed by atoms with Gasteiger partial charge in [0.25, 0.3) is 0 Å². The topological polar surface area (TPSA) is 29.5 Å². The van der Waals surface area contributed by atoms with E-state index in [0.717, 1.165) is 40.3 Å². The first kappa shape index (κ1) is 13.7. The zero-order valence-electron chi connectivity index (χ0n) is 11.5. The number of benzene rings is 1. The highest BCUT2D eigenvalue weighted by atomic mass is 35.5. The van der Waals surface area contributed by atoms with Crippen molar-refractivity contribution in [3.05, 3.63) is 27.8 Å². The van der Waals surface area contributed by atoms with Crippen LogP contribution in [-0.2, 0) is 6.42 Å². The Morgan fingerprint density at radius 3 is 2.50 bits per heavy atom. The van der Waals surface area contributed by atoms with Crippen molar-refractivity contribution >= 4 is 11.6 Å². The van der Waals surface area contributed by atoms with Gasteiger partial charge in [-0.1, -0.05) is 25.4 Å². The molecule has 0 bridgehead atoms. The summed E-state index contributed by atoms with van der Waals surface area (Å²) in [7, 11) is 1.69. The van der Waals surface area contributed by atoms with E-state index < -0.39 is 5.60 Å². The third-order valence-electron chi connectivity index (χ3n) is 3.79. The predicted octanol–water partition coefficient (Wildman–Crippen LogP) is 3.85. The summed E-state index contributed by atoms with van der Waals surface area (Å²) < 4.78 is 5.58. The molecule has 1 aliphatic rings. The number of rotatable bonds is 4. The molecule has 0 heterocycles. The summed E-state index contributed by atoms with van der Waals surface area (Å²) in [6.45, 7) is 6.24. The van der Waals surface area contributed by atoms with Crippen LogP contribution in [0.25, 0.3) is 0 Å². The highest BCUT2D eigenvalue weighted by Crippen LogP contribution is 2.44. The molecule has 1 saturated carbocycles. The fourth-order valence-corrected chi connectivity index (χ4v) is 2.56. The number of methoxy groups -OCH3 is 1. The Morgan fingerprint density at radius 2 is 2.06 bits per heavy atom. The van der Waals surface area contributed by atoms with Gasteiger partial charge in [0.05, 0.1) is 12.7 Å². The van der Waals surface area contributed by atoms with Gasteiger partial charge in [-0.3, -0.25) is 0 Å². The van der Waals surface area contributed by atoms with Crippen molar-refractivity contribution in [2.45, 2.75) is 51.6 Å². The zero-order chi connectivity index (χ0) is 13.5. The first-order valence-electron chi connectivity index (χ1n) is 6.46. The van der Waals surface area contributed by atoms with Crippen LogP contribution < -0.4 is 4.74 Å². The highest BCUT2D eigenvalue weighted by Gasteiger charge is 2.41. The molecule has 0 saturated heterocycles. The van der Waals surface area contributed by atoms with Crippen molar-refractivity contribution in [3.63, 3.8) is 0 Å². The maximum atomic E-state index is 10.1. The molecule has 0 aromatic heterocycles. The van der Waals surface area contributed by atoms with Gasteiger partial charge in [0.15, 0.2) is 0 Å². The van der Waals surface area contributed by atoms with E-state index in [1.165, 1.54) is 0 Å². The van der Waals surface area contributed by atoms with E-state index in [1.807, 2.05) is 13.0 Å². The van der Waals surface area contributed by atoms with E-state index in [9.17, 15) is 5.11 Å². The summed E-state index contributed by atoms with van der Waals surface area (Å²) >= 11 is 6.30. The molecule has 100 valence electrons. The first-order chi connectivity index (χ1) is 8.38. The number of hydrogen-bond donors (Lipinski definition) is 1. The van der Waals surface area contributed by atoms with Crippen molar-refractivity contribution in [2.75, 3.05) is 7.11 Å². The number of ether oxygens (including phenoxy) is 1. The average Bonchev–Trinajstić information content (AvgIpc) is 3.02. The van der Waals surface area contributed by atoms with Gasteiger partial charge in [0.1, 0.15) is 5.75 Å². The molecular weight excluding hydrogens is 248 g/mol. The van der Waals surface area contributed by atoms with Crippen molar-refractivity contribution in [1.29, 1.82) is 0 Å². The molecule has 1 fully saturated rings. The second-order valence-electron chi connectivity index (χ2n) is 5.64. The summed E-state index contributed by atoms with van der Waals surface area (Å²) in [5.74, 6) is 1.25. The number of aliphatic hydroxyl groups is 1. The summed E-state index contributed by atoms with van der Waals surface area (Å²) in [4.78, 5) is 0. The summed E-state index contributed by atoms with van der Waals surface area (Å²) in [5.41, 5.74) is 2.68. The van der Waals surface area contributed by atoms with Crippen LogP contribution in [0.4, 0.5) is 0 Å². The molecule has 0 atom stereocenters. The molecular formula is C15H21ClO2. The van der Waals surface area contributed by atoms with Crippen LogP contribution in [0, 0.1) is 6.92 Å². The molecule has 1 aromatic rings. The normalized spacial score (nSPS) is 17.1. The Kier molecular flexibility index (Phi) is 3.61. The van der Waals surface area contributed by atoms with Crippen LogP contribution >= 0.6 is 11.6 Å². The maximum Gasteiger partial charge on any atom is 0.125 e. The van der Waals surface area contributed by atoms with Crippen LogP contribution in [0.1, 0.15) is 49.3 Å². The predicted molar refractivity (Wildman–Crippen MR) is 74.7 cm³/mol. The van der Waals surface area contributed by atoms with Crippen LogP contribution in [0.15, 0.2) is 6.07 Å². The lowest BCUT2D eigenvalue weighted by Gasteiger charge is -2.21. The van der Waals surface area contributed by atoms with Gasteiger partial charge in [0, 0.05) is 17.0 Å². The molecule has 0 amide bonds. The molecule has 2 nitrogen and oxygen atoms in total. The Bertz CT molecular complexity index is 462. The van der Waals surface area contributed by atoms with Crippen LogP contribution in [-0.4, -0.2) is 17.8 Å². The largest absolute Gasteiger partial charge is 0.496 e. The third kappa shape index (κ3) is 2.50. The molecule has 18 heavy (non-hydrogen) atoms. The molecule has 0 unspecified atom stereocenters. The zero-order valence-corrected chi connectivity index (χ0v) is 12.3. The number of halogens is 1. The van der Waals surface area contributed by atoms with Crippen molar-refractivity contribution in [2.24, 2.45) is 0 Å². The summed E-state index contributed by atoms with van der Waals surface area (Å²) in [5, 5.41) is 10.9. The molecule has 0 radical (unpaired) electrons. The van der Waals surface area contributed by atoms with Crippen LogP contribution in [0.3, 0.4) is 0 Å². The van der Waals surface area contributed by atoms with Gasteiger partial charge in [-0.05, 0) is 42.9 Å². The molecule has 2 rings (SSSR count). The SMILES string of the molecule is COc1c(C(C)C)cc(Cl)c(C)c1CC1(O)CC1. The van der Waals surface area contributed by atoms with E-state index >= 15 is 0 Å². The lowest BCUT2D eigenvalue weighted by Crippen LogP contribution is -2.14. The Morgan fingerprint density at radius 1 is 1.44 bits per heavy atom. The number of hydrogen-bond acceptors (Lipinski definition) is 2. The van der Waals surface area contributed by atoms with E-state index in [1.54, 1.807) is 7.11 Å². The fraction of sp³-hybridized carbons (Fsp3) is 0.600. The van der Waals surface area contributed by atoms with Crippen molar-refractivity contribution < 1.29 is 9.84 Å². The van der Waals surface area contributed by atoms with Gasteiger partial charge in [0.2, 0.25) is 0 Å². The standard InChI is InChI=1S/C15H21ClO2/c1-9(2)11-7-13(16)10(3)12(14(11)18-4)8-15(17)5-6-15/h7,9,17H,5-6,8H2,1-4H3. The Labute approximate surface area is 114 Å². The lowest BCUT2D eigenvalue weighted by molar-refractivity contribution is 0.149. The minimum atomic E-state index is -0.531. The van der Waals surface area contributed by atoms with E-state index in [2.05, 4.69) is 13.8 Å². The smallest absolute Gasteiger partial charge is 0.125 e. The van der Waals surface area contributed by atoms with Crippen molar-refractivity contribution in [3.8, 4) is 5.75 Å². The quantitative estimate of drug-likeness (QED) is 0.899. The third-order valence-corrected chi connectivity index (χ3v) is 4.18. The molecule has 1 aliphatic carbocycles. The summed E-state index contributed by atoms with van der Waals surface area (Å²) in [6, 6.07) is 1.99. The molecule has 0 aliphatic heterocycles. The van der Waals surface area contributed by atoms with Crippen LogP contribution in [0.5, 0.6) is 5.75 Å². The monoisotopic (exact) mass is 268 g/mol. The van der Waals surface area contributed by atoms with Gasteiger partial charge in [-0.25, -0.2) is 0 Å².